The molecule has 10 aromatic carbocycles. The van der Waals surface area contributed by atoms with E-state index in [9.17, 15) is 0 Å². The van der Waals surface area contributed by atoms with E-state index in [1.165, 1.54) is 110 Å². The van der Waals surface area contributed by atoms with Crippen LogP contribution in [0.2, 0.25) is 0 Å². The highest BCUT2D eigenvalue weighted by Gasteiger charge is 2.52. The first-order chi connectivity index (χ1) is 26.2. The minimum Gasteiger partial charge on any atom is -0.0616 e. The molecule has 10 aromatic rings. The van der Waals surface area contributed by atoms with Gasteiger partial charge in [-0.25, -0.2) is 0 Å². The Morgan fingerprint density at radius 2 is 0.509 bits per heavy atom. The van der Waals surface area contributed by atoms with Crippen molar-refractivity contribution in [3.63, 3.8) is 0 Å². The van der Waals surface area contributed by atoms with Crippen molar-refractivity contribution in [3.8, 4) is 44.5 Å². The maximum Gasteiger partial charge on any atom is 0.0726 e. The molecule has 0 saturated heterocycles. The van der Waals surface area contributed by atoms with Gasteiger partial charge in [-0.1, -0.05) is 146 Å². The fourth-order valence-corrected chi connectivity index (χ4v) is 9.69. The zero-order valence-corrected chi connectivity index (χ0v) is 29.0. The third-order valence-electron chi connectivity index (χ3n) is 12.2. The van der Waals surface area contributed by atoms with Gasteiger partial charge in [0, 0.05) is 0 Å². The summed E-state index contributed by atoms with van der Waals surface area (Å²) in [5.74, 6) is 0. The fraction of sp³-hybridized carbons (Fsp3) is 0.0189. The molecule has 2 aliphatic rings. The Balaban J connectivity index is 1.20. The predicted octanol–water partition coefficient (Wildman–Crippen LogP) is 14.0. The second-order valence-corrected chi connectivity index (χ2v) is 14.9. The van der Waals surface area contributed by atoms with E-state index in [2.05, 4.69) is 194 Å². The first kappa shape index (κ1) is 28.9. The van der Waals surface area contributed by atoms with Gasteiger partial charge in [0.05, 0.1) is 5.41 Å². The Morgan fingerprint density at radius 1 is 0.208 bits per heavy atom. The monoisotopic (exact) mass is 668 g/mol. The molecule has 0 heterocycles. The van der Waals surface area contributed by atoms with Gasteiger partial charge >= 0.3 is 0 Å². The van der Waals surface area contributed by atoms with Crippen molar-refractivity contribution in [2.45, 2.75) is 5.41 Å². The Bertz CT molecular complexity index is 2960. The smallest absolute Gasteiger partial charge is 0.0616 e. The zero-order chi connectivity index (χ0) is 34.7. The van der Waals surface area contributed by atoms with Gasteiger partial charge in [0.15, 0.2) is 0 Å². The van der Waals surface area contributed by atoms with Crippen LogP contribution in [0.1, 0.15) is 22.3 Å². The van der Waals surface area contributed by atoms with Gasteiger partial charge < -0.3 is 0 Å². The lowest BCUT2D eigenvalue weighted by atomic mass is 9.69. The standard InChI is InChI=1S/C53H32/c1-3-11-35-25-41(19-17-33(35)9-1)43-21-23-45-46-24-22-44(42-20-18-34-10-2-4-12-36(34)26-42)32-50(46)53(49(45)31-43)51-29-39-15-7-5-13-37(39)27-47(51)48-28-38-14-6-8-16-40(38)30-52(48)53/h1-32H. The van der Waals surface area contributed by atoms with Crippen LogP contribution in [-0.4, -0.2) is 0 Å². The molecular weight excluding hydrogens is 637 g/mol. The van der Waals surface area contributed by atoms with E-state index in [-0.39, 0.29) is 0 Å². The van der Waals surface area contributed by atoms with Crippen LogP contribution in [0.3, 0.4) is 0 Å². The molecule has 244 valence electrons. The van der Waals surface area contributed by atoms with Gasteiger partial charge in [-0.15, -0.1) is 0 Å². The lowest BCUT2D eigenvalue weighted by molar-refractivity contribution is 0.797. The molecule has 0 aromatic heterocycles. The van der Waals surface area contributed by atoms with Crippen LogP contribution in [0.4, 0.5) is 0 Å². The molecule has 0 N–H and O–H groups in total. The first-order valence-electron chi connectivity index (χ1n) is 18.6. The highest BCUT2D eigenvalue weighted by atomic mass is 14.5. The average molecular weight is 669 g/mol. The number of hydrogen-bond donors (Lipinski definition) is 0. The molecule has 0 aliphatic heterocycles. The molecule has 0 nitrogen and oxygen atoms in total. The van der Waals surface area contributed by atoms with Crippen molar-refractivity contribution >= 4 is 43.1 Å². The summed E-state index contributed by atoms with van der Waals surface area (Å²) in [5, 5.41) is 10.1. The summed E-state index contributed by atoms with van der Waals surface area (Å²) < 4.78 is 0. The first-order valence-corrected chi connectivity index (χ1v) is 18.6. The van der Waals surface area contributed by atoms with E-state index in [1.807, 2.05) is 0 Å². The second-order valence-electron chi connectivity index (χ2n) is 14.9. The molecule has 0 fully saturated rings. The Hall–Kier alpha value is -6.76. The normalized spacial score (nSPS) is 13.4. The summed E-state index contributed by atoms with van der Waals surface area (Å²) >= 11 is 0. The van der Waals surface area contributed by atoms with E-state index in [0.717, 1.165) is 0 Å². The minimum atomic E-state index is -0.497. The van der Waals surface area contributed by atoms with Crippen molar-refractivity contribution in [1.82, 2.24) is 0 Å². The topological polar surface area (TPSA) is 0 Å². The average Bonchev–Trinajstić information content (AvgIpc) is 3.66. The van der Waals surface area contributed by atoms with E-state index in [0.29, 0.717) is 0 Å². The molecular formula is C53H32. The number of benzene rings is 10. The maximum atomic E-state index is 2.51. The molecule has 0 amide bonds. The molecule has 0 atom stereocenters. The summed E-state index contributed by atoms with van der Waals surface area (Å²) in [4.78, 5) is 0. The van der Waals surface area contributed by atoms with Gasteiger partial charge in [-0.3, -0.25) is 0 Å². The van der Waals surface area contributed by atoms with Crippen LogP contribution in [-0.2, 0) is 5.41 Å². The number of rotatable bonds is 2. The predicted molar refractivity (Wildman–Crippen MR) is 224 cm³/mol. The third kappa shape index (κ3) is 4.01. The van der Waals surface area contributed by atoms with Crippen molar-refractivity contribution in [2.24, 2.45) is 0 Å². The van der Waals surface area contributed by atoms with Crippen LogP contribution >= 0.6 is 0 Å². The molecule has 53 heavy (non-hydrogen) atoms. The SMILES string of the molecule is c1ccc2cc(-c3ccc4c(c3)C3(c5cc(-c6ccc7ccccc7c6)ccc5-4)c4cc5ccccc5cc4-c4cc5ccccc5cc43)ccc2c1. The van der Waals surface area contributed by atoms with Gasteiger partial charge in [0.1, 0.15) is 0 Å². The Morgan fingerprint density at radius 3 is 0.925 bits per heavy atom. The van der Waals surface area contributed by atoms with Gasteiger partial charge in [-0.05, 0) is 158 Å². The summed E-state index contributed by atoms with van der Waals surface area (Å²) in [5.41, 5.74) is 15.2. The zero-order valence-electron chi connectivity index (χ0n) is 29.0. The quantitative estimate of drug-likeness (QED) is 0.172. The van der Waals surface area contributed by atoms with Crippen molar-refractivity contribution < 1.29 is 0 Å². The van der Waals surface area contributed by atoms with E-state index in [1.54, 1.807) is 0 Å². The Labute approximate surface area is 308 Å². The maximum absolute atomic E-state index is 2.51. The van der Waals surface area contributed by atoms with Crippen LogP contribution in [0.25, 0.3) is 87.6 Å². The van der Waals surface area contributed by atoms with Gasteiger partial charge in [-0.2, -0.15) is 0 Å². The molecule has 0 saturated carbocycles. The van der Waals surface area contributed by atoms with Crippen LogP contribution in [0.5, 0.6) is 0 Å². The largest absolute Gasteiger partial charge is 0.0726 e. The highest BCUT2D eigenvalue weighted by molar-refractivity contribution is 6.04. The van der Waals surface area contributed by atoms with Crippen LogP contribution in [0, 0.1) is 0 Å². The third-order valence-corrected chi connectivity index (χ3v) is 12.2. The van der Waals surface area contributed by atoms with Crippen molar-refractivity contribution in [2.75, 3.05) is 0 Å². The van der Waals surface area contributed by atoms with Crippen LogP contribution < -0.4 is 0 Å². The summed E-state index contributed by atoms with van der Waals surface area (Å²) in [6, 6.07) is 73.2. The number of hydrogen-bond acceptors (Lipinski definition) is 0. The molecule has 12 rings (SSSR count). The van der Waals surface area contributed by atoms with Crippen molar-refractivity contribution in [3.05, 3.63) is 216 Å². The van der Waals surface area contributed by atoms with Gasteiger partial charge in [0.2, 0.25) is 0 Å². The molecule has 0 heteroatoms. The van der Waals surface area contributed by atoms with Gasteiger partial charge in [0.25, 0.3) is 0 Å². The molecule has 2 aliphatic carbocycles. The summed E-state index contributed by atoms with van der Waals surface area (Å²) in [6.45, 7) is 0. The minimum absolute atomic E-state index is 0.497. The highest BCUT2D eigenvalue weighted by Crippen LogP contribution is 2.64. The number of fused-ring (bicyclic) bond motifs is 14. The molecule has 0 radical (unpaired) electrons. The second kappa shape index (κ2) is 10.6. The van der Waals surface area contributed by atoms with E-state index >= 15 is 0 Å². The fourth-order valence-electron chi connectivity index (χ4n) is 9.69. The lowest BCUT2D eigenvalue weighted by Crippen LogP contribution is -2.26. The Kier molecular flexibility index (Phi) is 5.80. The van der Waals surface area contributed by atoms with E-state index < -0.39 is 5.41 Å². The van der Waals surface area contributed by atoms with Crippen LogP contribution in [0.15, 0.2) is 194 Å². The molecule has 0 bridgehead atoms. The lowest BCUT2D eigenvalue weighted by Gasteiger charge is -2.31. The summed E-state index contributed by atoms with van der Waals surface area (Å²) in [7, 11) is 0. The summed E-state index contributed by atoms with van der Waals surface area (Å²) in [6.07, 6.45) is 0. The molecule has 0 unspecified atom stereocenters. The van der Waals surface area contributed by atoms with E-state index in [4.69, 9.17) is 0 Å². The van der Waals surface area contributed by atoms with Crippen molar-refractivity contribution in [1.29, 1.82) is 0 Å². The molecule has 1 spiro atoms.